The molecule has 1 aliphatic rings. The lowest BCUT2D eigenvalue weighted by Gasteiger charge is -2.37. The highest BCUT2D eigenvalue weighted by molar-refractivity contribution is 4.85. The molecule has 0 aliphatic heterocycles. The summed E-state index contributed by atoms with van der Waals surface area (Å²) < 4.78 is 0. The summed E-state index contributed by atoms with van der Waals surface area (Å²) >= 11 is 0. The third-order valence-corrected chi connectivity index (χ3v) is 4.07. The van der Waals surface area contributed by atoms with E-state index in [1.165, 1.54) is 38.6 Å². The largest absolute Gasteiger partial charge is 0.315 e. The minimum absolute atomic E-state index is 0.644. The van der Waals surface area contributed by atoms with Gasteiger partial charge in [0, 0.05) is 18.1 Å². The van der Waals surface area contributed by atoms with Crippen LogP contribution in [-0.4, -0.2) is 36.6 Å². The minimum Gasteiger partial charge on any atom is -0.315 e. The van der Waals surface area contributed by atoms with Crippen molar-refractivity contribution < 1.29 is 0 Å². The van der Waals surface area contributed by atoms with Crippen LogP contribution in [0.1, 0.15) is 52.9 Å². The molecule has 0 heterocycles. The van der Waals surface area contributed by atoms with Crippen molar-refractivity contribution in [3.63, 3.8) is 0 Å². The van der Waals surface area contributed by atoms with Crippen molar-refractivity contribution in [2.45, 2.75) is 71.0 Å². The number of nitrogens with zero attached hydrogens (tertiary/aromatic N) is 1. The lowest BCUT2D eigenvalue weighted by Crippen LogP contribution is -2.50. The van der Waals surface area contributed by atoms with Gasteiger partial charge in [0.2, 0.25) is 0 Å². The predicted molar refractivity (Wildman–Crippen MR) is 67.2 cm³/mol. The van der Waals surface area contributed by atoms with Crippen molar-refractivity contribution in [3.05, 3.63) is 0 Å². The second kappa shape index (κ2) is 6.49. The molecule has 2 atom stereocenters. The second-order valence-electron chi connectivity index (χ2n) is 4.81. The summed E-state index contributed by atoms with van der Waals surface area (Å²) in [4.78, 5) is 2.71. The summed E-state index contributed by atoms with van der Waals surface area (Å²) in [7, 11) is 2.09. The fourth-order valence-corrected chi connectivity index (χ4v) is 3.13. The van der Waals surface area contributed by atoms with Gasteiger partial charge in [0.1, 0.15) is 0 Å². The molecule has 2 nitrogen and oxygen atoms in total. The van der Waals surface area contributed by atoms with Gasteiger partial charge in [-0.1, -0.05) is 26.7 Å². The quantitative estimate of drug-likeness (QED) is 0.728. The zero-order valence-electron chi connectivity index (χ0n) is 10.9. The molecule has 1 aliphatic carbocycles. The van der Waals surface area contributed by atoms with E-state index in [0.717, 1.165) is 6.04 Å². The van der Waals surface area contributed by atoms with E-state index in [1.54, 1.807) is 0 Å². The fraction of sp³-hybridized carbons (Fsp3) is 1.00. The monoisotopic (exact) mass is 212 g/mol. The van der Waals surface area contributed by atoms with Crippen LogP contribution in [0.25, 0.3) is 0 Å². The van der Waals surface area contributed by atoms with Gasteiger partial charge < -0.3 is 5.32 Å². The Morgan fingerprint density at radius 3 is 2.27 bits per heavy atom. The van der Waals surface area contributed by atoms with E-state index in [-0.39, 0.29) is 0 Å². The van der Waals surface area contributed by atoms with Crippen molar-refractivity contribution >= 4 is 0 Å². The Balaban J connectivity index is 2.55. The number of rotatable bonds is 6. The van der Waals surface area contributed by atoms with Crippen molar-refractivity contribution in [3.8, 4) is 0 Å². The molecule has 0 aromatic heterocycles. The van der Waals surface area contributed by atoms with Crippen molar-refractivity contribution in [1.29, 1.82) is 0 Å². The van der Waals surface area contributed by atoms with Crippen LogP contribution in [0.5, 0.6) is 0 Å². The Hall–Kier alpha value is -0.0800. The number of nitrogens with one attached hydrogen (secondary N) is 1. The van der Waals surface area contributed by atoms with Crippen molar-refractivity contribution in [2.75, 3.05) is 13.6 Å². The first kappa shape index (κ1) is 13.0. The molecule has 1 rings (SSSR count). The van der Waals surface area contributed by atoms with Crippen LogP contribution in [0.4, 0.5) is 0 Å². The van der Waals surface area contributed by atoms with Crippen LogP contribution < -0.4 is 5.32 Å². The molecule has 0 spiro atoms. The number of hydrogen-bond donors (Lipinski definition) is 1. The average Bonchev–Trinajstić information content (AvgIpc) is 2.74. The van der Waals surface area contributed by atoms with Crippen LogP contribution in [0, 0.1) is 0 Å². The van der Waals surface area contributed by atoms with Crippen LogP contribution in [0.15, 0.2) is 0 Å². The van der Waals surface area contributed by atoms with E-state index in [0.29, 0.717) is 12.1 Å². The molecule has 0 amide bonds. The van der Waals surface area contributed by atoms with E-state index >= 15 is 0 Å². The Bertz CT molecular complexity index is 160. The van der Waals surface area contributed by atoms with E-state index in [4.69, 9.17) is 0 Å². The van der Waals surface area contributed by atoms with E-state index < -0.39 is 0 Å². The molecule has 0 saturated heterocycles. The molecule has 1 N–H and O–H groups in total. The third-order valence-electron chi connectivity index (χ3n) is 4.07. The average molecular weight is 212 g/mol. The maximum atomic E-state index is 3.45. The van der Waals surface area contributed by atoms with Crippen LogP contribution in [-0.2, 0) is 0 Å². The molecule has 2 unspecified atom stereocenters. The Labute approximate surface area is 95.4 Å². The molecule has 0 radical (unpaired) electrons. The zero-order chi connectivity index (χ0) is 11.3. The van der Waals surface area contributed by atoms with Gasteiger partial charge >= 0.3 is 0 Å². The van der Waals surface area contributed by atoms with Gasteiger partial charge in [0.15, 0.2) is 0 Å². The van der Waals surface area contributed by atoms with Gasteiger partial charge in [-0.15, -0.1) is 0 Å². The van der Waals surface area contributed by atoms with Crippen molar-refractivity contribution in [1.82, 2.24) is 10.2 Å². The normalized spacial score (nSPS) is 22.2. The van der Waals surface area contributed by atoms with Gasteiger partial charge in [-0.25, -0.2) is 0 Å². The zero-order valence-corrected chi connectivity index (χ0v) is 10.9. The number of hydrogen-bond acceptors (Lipinski definition) is 2. The molecule has 0 bridgehead atoms. The highest BCUT2D eigenvalue weighted by Crippen LogP contribution is 2.25. The molecule has 1 fully saturated rings. The topological polar surface area (TPSA) is 15.3 Å². The summed E-state index contributed by atoms with van der Waals surface area (Å²) in [5.74, 6) is 0. The van der Waals surface area contributed by atoms with Crippen LogP contribution in [0.3, 0.4) is 0 Å². The molecule has 0 aromatic carbocycles. The Morgan fingerprint density at radius 2 is 1.87 bits per heavy atom. The van der Waals surface area contributed by atoms with Gasteiger partial charge in [-0.05, 0) is 39.8 Å². The van der Waals surface area contributed by atoms with Gasteiger partial charge in [0.05, 0.1) is 0 Å². The lowest BCUT2D eigenvalue weighted by atomic mass is 10.0. The Morgan fingerprint density at radius 1 is 1.27 bits per heavy atom. The van der Waals surface area contributed by atoms with E-state index in [9.17, 15) is 0 Å². The summed E-state index contributed by atoms with van der Waals surface area (Å²) in [6.45, 7) is 8.16. The van der Waals surface area contributed by atoms with Gasteiger partial charge in [-0.3, -0.25) is 4.90 Å². The standard InChI is InChI=1S/C13H28N2/c1-5-13(14-4)11(3)15(6-2)12-9-7-8-10-12/h11-14H,5-10H2,1-4H3. The molecular weight excluding hydrogens is 184 g/mol. The first-order valence-corrected chi connectivity index (χ1v) is 6.67. The fourth-order valence-electron chi connectivity index (χ4n) is 3.13. The summed E-state index contributed by atoms with van der Waals surface area (Å²) in [6.07, 6.45) is 6.92. The lowest BCUT2D eigenvalue weighted by molar-refractivity contribution is 0.124. The summed E-state index contributed by atoms with van der Waals surface area (Å²) in [5.41, 5.74) is 0. The first-order chi connectivity index (χ1) is 7.24. The van der Waals surface area contributed by atoms with Crippen molar-refractivity contribution in [2.24, 2.45) is 0 Å². The molecule has 1 saturated carbocycles. The van der Waals surface area contributed by atoms with Gasteiger partial charge in [-0.2, -0.15) is 0 Å². The molecule has 0 aromatic rings. The van der Waals surface area contributed by atoms with Crippen LogP contribution >= 0.6 is 0 Å². The van der Waals surface area contributed by atoms with E-state index in [1.807, 2.05) is 0 Å². The summed E-state index contributed by atoms with van der Waals surface area (Å²) in [6, 6.07) is 2.17. The Kier molecular flexibility index (Phi) is 5.62. The minimum atomic E-state index is 0.644. The third kappa shape index (κ3) is 3.18. The molecule has 15 heavy (non-hydrogen) atoms. The number of likely N-dealkylation sites (N-methyl/N-ethyl adjacent to an activating group) is 2. The molecule has 2 heteroatoms. The van der Waals surface area contributed by atoms with Gasteiger partial charge in [0.25, 0.3) is 0 Å². The maximum Gasteiger partial charge on any atom is 0.0223 e. The highest BCUT2D eigenvalue weighted by Gasteiger charge is 2.28. The van der Waals surface area contributed by atoms with E-state index in [2.05, 4.69) is 38.0 Å². The molecule has 90 valence electrons. The SMILES string of the molecule is CCC(NC)C(C)N(CC)C1CCCC1. The smallest absolute Gasteiger partial charge is 0.0223 e. The summed E-state index contributed by atoms with van der Waals surface area (Å²) in [5, 5.41) is 3.45. The van der Waals surface area contributed by atoms with Crippen LogP contribution in [0.2, 0.25) is 0 Å². The first-order valence-electron chi connectivity index (χ1n) is 6.67. The molecular formula is C13H28N2. The highest BCUT2D eigenvalue weighted by atomic mass is 15.2. The maximum absolute atomic E-state index is 3.45. The second-order valence-corrected chi connectivity index (χ2v) is 4.81. The predicted octanol–water partition coefficient (Wildman–Crippen LogP) is 2.64.